The molecule has 10 heteroatoms. The number of carbonyl (C=O) groups excluding carboxylic acids is 1. The average Bonchev–Trinajstić information content (AvgIpc) is 2.45. The van der Waals surface area contributed by atoms with Gasteiger partial charge in [0.2, 0.25) is 5.91 Å². The molecule has 1 aromatic carbocycles. The lowest BCUT2D eigenvalue weighted by Crippen LogP contribution is -2.35. The Bertz CT molecular complexity index is 622. The second-order valence-corrected chi connectivity index (χ2v) is 5.71. The van der Waals surface area contributed by atoms with Gasteiger partial charge in [0.05, 0.1) is 5.69 Å². The topological polar surface area (TPSA) is 88.7 Å². The number of anilines is 1. The minimum atomic E-state index is -4.79. The van der Waals surface area contributed by atoms with Crippen molar-refractivity contribution >= 4 is 41.5 Å². The summed E-state index contributed by atoms with van der Waals surface area (Å²) in [6, 6.07) is 5.56. The molecular formula is C16H22F3IN4O2. The molecule has 1 fully saturated rings. The number of hydrogen-bond acceptors (Lipinski definition) is 3. The van der Waals surface area contributed by atoms with E-state index in [-0.39, 0.29) is 53.2 Å². The molecule has 0 atom stereocenters. The van der Waals surface area contributed by atoms with Crippen molar-refractivity contribution in [2.75, 3.05) is 18.4 Å². The van der Waals surface area contributed by atoms with Crippen LogP contribution in [0.1, 0.15) is 25.7 Å². The number of nitrogens with zero attached hydrogens (tertiary/aromatic N) is 1. The van der Waals surface area contributed by atoms with Gasteiger partial charge in [0.15, 0.2) is 11.7 Å². The zero-order chi connectivity index (χ0) is 18.3. The zero-order valence-electron chi connectivity index (χ0n) is 14.0. The van der Waals surface area contributed by atoms with Crippen LogP contribution in [0.5, 0.6) is 5.75 Å². The van der Waals surface area contributed by atoms with E-state index < -0.39 is 6.36 Å². The number of alkyl halides is 3. The summed E-state index contributed by atoms with van der Waals surface area (Å²) in [6.45, 7) is 0.825. The first kappa shape index (κ1) is 22.3. The fourth-order valence-electron chi connectivity index (χ4n) is 2.27. The molecule has 0 heterocycles. The monoisotopic (exact) mass is 486 g/mol. The van der Waals surface area contributed by atoms with Crippen LogP contribution in [0, 0.1) is 5.92 Å². The highest BCUT2D eigenvalue weighted by Crippen LogP contribution is 2.29. The van der Waals surface area contributed by atoms with E-state index in [0.717, 1.165) is 19.3 Å². The van der Waals surface area contributed by atoms with E-state index in [2.05, 4.69) is 20.4 Å². The molecule has 1 aliphatic carbocycles. The molecule has 0 saturated heterocycles. The summed E-state index contributed by atoms with van der Waals surface area (Å²) < 4.78 is 41.0. The van der Waals surface area contributed by atoms with Crippen molar-refractivity contribution in [3.63, 3.8) is 0 Å². The molecule has 1 aliphatic rings. The van der Waals surface area contributed by atoms with Gasteiger partial charge in [-0.15, -0.1) is 37.1 Å². The summed E-state index contributed by atoms with van der Waals surface area (Å²) in [5.41, 5.74) is 5.74. The van der Waals surface area contributed by atoms with Gasteiger partial charge >= 0.3 is 6.36 Å². The fraction of sp³-hybridized carbons (Fsp3) is 0.500. The van der Waals surface area contributed by atoms with Gasteiger partial charge < -0.3 is 21.1 Å². The largest absolute Gasteiger partial charge is 0.573 e. The molecule has 4 N–H and O–H groups in total. The first-order valence-electron chi connectivity index (χ1n) is 8.04. The lowest BCUT2D eigenvalue weighted by Gasteiger charge is -2.23. The van der Waals surface area contributed by atoms with E-state index >= 15 is 0 Å². The number of halogens is 4. The summed E-state index contributed by atoms with van der Waals surface area (Å²) in [4.78, 5) is 15.7. The van der Waals surface area contributed by atoms with Crippen molar-refractivity contribution in [3.05, 3.63) is 24.3 Å². The van der Waals surface area contributed by atoms with Gasteiger partial charge in [-0.05, 0) is 31.4 Å². The third-order valence-corrected chi connectivity index (χ3v) is 3.77. The van der Waals surface area contributed by atoms with Crippen LogP contribution in [0.3, 0.4) is 0 Å². The molecule has 26 heavy (non-hydrogen) atoms. The molecule has 146 valence electrons. The van der Waals surface area contributed by atoms with Gasteiger partial charge in [-0.2, -0.15) is 0 Å². The third-order valence-electron chi connectivity index (χ3n) is 3.77. The number of rotatable bonds is 7. The van der Waals surface area contributed by atoms with E-state index in [1.165, 1.54) is 18.2 Å². The number of aliphatic imine (C=N–C) groups is 1. The van der Waals surface area contributed by atoms with Gasteiger partial charge in [0.1, 0.15) is 0 Å². The maximum atomic E-state index is 12.4. The van der Waals surface area contributed by atoms with Crippen LogP contribution < -0.4 is 21.1 Å². The lowest BCUT2D eigenvalue weighted by atomic mass is 9.85. The number of benzene rings is 1. The van der Waals surface area contributed by atoms with Gasteiger partial charge in [0.25, 0.3) is 0 Å². The molecule has 6 nitrogen and oxygen atoms in total. The molecule has 0 aliphatic heterocycles. The Morgan fingerprint density at radius 2 is 2.00 bits per heavy atom. The predicted octanol–water partition coefficient (Wildman–Crippen LogP) is 3.24. The number of nitrogens with one attached hydrogen (secondary N) is 2. The summed E-state index contributed by atoms with van der Waals surface area (Å²) in [5, 5.41) is 5.41. The van der Waals surface area contributed by atoms with Crippen molar-refractivity contribution in [2.24, 2.45) is 16.6 Å². The van der Waals surface area contributed by atoms with Crippen LogP contribution in [0.15, 0.2) is 29.3 Å². The molecule has 0 bridgehead atoms. The van der Waals surface area contributed by atoms with E-state index in [9.17, 15) is 18.0 Å². The van der Waals surface area contributed by atoms with E-state index in [1.807, 2.05) is 0 Å². The van der Waals surface area contributed by atoms with Crippen LogP contribution in [0.2, 0.25) is 0 Å². The summed E-state index contributed by atoms with van der Waals surface area (Å²) >= 11 is 0. The fourth-order valence-corrected chi connectivity index (χ4v) is 2.27. The van der Waals surface area contributed by atoms with E-state index in [4.69, 9.17) is 5.73 Å². The highest BCUT2D eigenvalue weighted by Gasteiger charge is 2.32. The summed E-state index contributed by atoms with van der Waals surface area (Å²) in [7, 11) is 0. The number of hydrogen-bond donors (Lipinski definition) is 3. The molecule has 1 aromatic rings. The second kappa shape index (κ2) is 10.4. The smallest absolute Gasteiger partial charge is 0.404 e. The van der Waals surface area contributed by atoms with Gasteiger partial charge in [0, 0.05) is 19.0 Å². The number of para-hydroxylation sites is 2. The summed E-state index contributed by atoms with van der Waals surface area (Å²) in [6.07, 6.45) is -1.21. The Hall–Kier alpha value is -1.72. The molecule has 0 aromatic heterocycles. The molecule has 1 saturated carbocycles. The van der Waals surface area contributed by atoms with Crippen molar-refractivity contribution in [2.45, 2.75) is 32.0 Å². The minimum absolute atomic E-state index is 0. The zero-order valence-corrected chi connectivity index (χ0v) is 16.3. The maximum Gasteiger partial charge on any atom is 0.573 e. The number of guanidine groups is 1. The van der Waals surface area contributed by atoms with E-state index in [1.54, 1.807) is 6.07 Å². The Morgan fingerprint density at radius 3 is 2.62 bits per heavy atom. The summed E-state index contributed by atoms with van der Waals surface area (Å²) in [5.74, 6) is -0.204. The molecule has 1 amide bonds. The predicted molar refractivity (Wildman–Crippen MR) is 104 cm³/mol. The second-order valence-electron chi connectivity index (χ2n) is 5.71. The maximum absolute atomic E-state index is 12.4. The molecule has 0 radical (unpaired) electrons. The minimum Gasteiger partial charge on any atom is -0.404 e. The normalized spacial score (nSPS) is 14.8. The number of amides is 1. The lowest BCUT2D eigenvalue weighted by molar-refractivity contribution is -0.274. The van der Waals surface area contributed by atoms with Crippen LogP contribution >= 0.6 is 24.0 Å². The Labute approximate surface area is 166 Å². The van der Waals surface area contributed by atoms with Crippen LogP contribution in [-0.4, -0.2) is 31.3 Å². The standard InChI is InChI=1S/C16H21F3N4O2.HI/c17-16(18,19)25-13-8-2-1-7-12(13)23-15(20)22-10-4-9-21-14(24)11-5-3-6-11;/h1-2,7-8,11H,3-6,9-10H2,(H,21,24)(H3,20,22,23);1H. The molecule has 0 spiro atoms. The first-order valence-corrected chi connectivity index (χ1v) is 8.04. The van der Waals surface area contributed by atoms with Crippen molar-refractivity contribution in [1.29, 1.82) is 0 Å². The van der Waals surface area contributed by atoms with Crippen LogP contribution in [0.25, 0.3) is 0 Å². The number of nitrogens with two attached hydrogens (primary N) is 1. The van der Waals surface area contributed by atoms with Crippen LogP contribution in [0.4, 0.5) is 18.9 Å². The van der Waals surface area contributed by atoms with Gasteiger partial charge in [-0.25, -0.2) is 0 Å². The van der Waals surface area contributed by atoms with Gasteiger partial charge in [-0.1, -0.05) is 18.6 Å². The van der Waals surface area contributed by atoms with Crippen LogP contribution in [-0.2, 0) is 4.79 Å². The molecular weight excluding hydrogens is 464 g/mol. The Morgan fingerprint density at radius 1 is 1.31 bits per heavy atom. The third kappa shape index (κ3) is 7.67. The van der Waals surface area contributed by atoms with Crippen molar-refractivity contribution in [1.82, 2.24) is 5.32 Å². The Kier molecular flexibility index (Phi) is 8.96. The van der Waals surface area contributed by atoms with E-state index in [0.29, 0.717) is 19.5 Å². The Balaban J connectivity index is 0.00000338. The highest BCUT2D eigenvalue weighted by molar-refractivity contribution is 14.0. The SMILES string of the molecule is I.NC(=NCCCNC(=O)C1CCC1)Nc1ccccc1OC(F)(F)F. The molecule has 2 rings (SSSR count). The first-order chi connectivity index (χ1) is 11.8. The quantitative estimate of drug-likeness (QED) is 0.239. The average molecular weight is 486 g/mol. The number of ether oxygens (including phenoxy) is 1. The van der Waals surface area contributed by atoms with Crippen molar-refractivity contribution < 1.29 is 22.7 Å². The van der Waals surface area contributed by atoms with Crippen molar-refractivity contribution in [3.8, 4) is 5.75 Å². The van der Waals surface area contributed by atoms with Gasteiger partial charge in [-0.3, -0.25) is 9.79 Å². The molecule has 0 unspecified atom stereocenters. The highest BCUT2D eigenvalue weighted by atomic mass is 127. The number of carbonyl (C=O) groups is 1.